The van der Waals surface area contributed by atoms with E-state index in [4.69, 9.17) is 41.8 Å². The molecule has 7 nitrogen and oxygen atoms in total. The van der Waals surface area contributed by atoms with Crippen molar-refractivity contribution in [3.8, 4) is 28.6 Å². The number of nitrogens with one attached hydrogen (secondary N) is 1. The molecule has 0 fully saturated rings. The second-order valence-corrected chi connectivity index (χ2v) is 8.69. The number of rotatable bonds is 8. The van der Waals surface area contributed by atoms with Crippen LogP contribution in [-0.2, 0) is 4.79 Å². The van der Waals surface area contributed by atoms with Gasteiger partial charge in [-0.1, -0.05) is 42.3 Å². The van der Waals surface area contributed by atoms with Gasteiger partial charge in [-0.2, -0.15) is 0 Å². The third-order valence-corrected chi connectivity index (χ3v) is 5.89. The third-order valence-electron chi connectivity index (χ3n) is 5.46. The molecule has 1 atom stereocenters. The Kier molecular flexibility index (Phi) is 7.72. The van der Waals surface area contributed by atoms with Crippen LogP contribution in [0, 0.1) is 0 Å². The Bertz CT molecular complexity index is 1460. The van der Waals surface area contributed by atoms with Crippen molar-refractivity contribution < 1.29 is 23.4 Å². The number of hydrogen-bond acceptors (Lipinski definition) is 6. The Morgan fingerprint density at radius 1 is 0.972 bits per heavy atom. The molecular formula is C27H23Cl2NO6. The molecule has 0 aliphatic carbocycles. The molecule has 4 aromatic rings. The first-order valence-electron chi connectivity index (χ1n) is 11.1. The van der Waals surface area contributed by atoms with E-state index in [2.05, 4.69) is 5.32 Å². The minimum atomic E-state index is -1.01. The Labute approximate surface area is 217 Å². The molecule has 186 valence electrons. The van der Waals surface area contributed by atoms with Crippen LogP contribution in [0.15, 0.2) is 69.9 Å². The molecule has 0 saturated heterocycles. The first kappa shape index (κ1) is 25.4. The summed E-state index contributed by atoms with van der Waals surface area (Å²) in [6.07, 6.45) is -0.733. The fraction of sp³-hybridized carbons (Fsp3) is 0.185. The largest absolute Gasteiger partial charge is 0.493 e. The fourth-order valence-electron chi connectivity index (χ4n) is 3.71. The minimum absolute atomic E-state index is 0.0907. The third kappa shape index (κ3) is 5.27. The van der Waals surface area contributed by atoms with Crippen molar-refractivity contribution in [2.45, 2.75) is 19.4 Å². The van der Waals surface area contributed by atoms with E-state index in [1.165, 1.54) is 14.2 Å². The van der Waals surface area contributed by atoms with Gasteiger partial charge in [-0.25, -0.2) is 0 Å². The molecule has 0 bridgehead atoms. The van der Waals surface area contributed by atoms with Gasteiger partial charge >= 0.3 is 0 Å². The number of carbonyl (C=O) groups is 1. The van der Waals surface area contributed by atoms with Crippen molar-refractivity contribution in [3.63, 3.8) is 0 Å². The number of fused-ring (bicyclic) bond motifs is 1. The number of benzene rings is 3. The second kappa shape index (κ2) is 10.9. The number of amides is 1. The lowest BCUT2D eigenvalue weighted by atomic mass is 10.1. The van der Waals surface area contributed by atoms with Crippen molar-refractivity contribution in [1.29, 1.82) is 0 Å². The quantitative estimate of drug-likeness (QED) is 0.278. The van der Waals surface area contributed by atoms with Gasteiger partial charge in [0.15, 0.2) is 23.4 Å². The zero-order valence-electron chi connectivity index (χ0n) is 19.8. The number of ether oxygens (including phenoxy) is 3. The van der Waals surface area contributed by atoms with E-state index in [0.29, 0.717) is 43.8 Å². The van der Waals surface area contributed by atoms with Crippen LogP contribution < -0.4 is 25.0 Å². The minimum Gasteiger partial charge on any atom is -0.493 e. The predicted molar refractivity (Wildman–Crippen MR) is 141 cm³/mol. The van der Waals surface area contributed by atoms with Gasteiger partial charge in [0.25, 0.3) is 5.91 Å². The van der Waals surface area contributed by atoms with Crippen LogP contribution >= 0.6 is 23.2 Å². The topological polar surface area (TPSA) is 87.0 Å². The van der Waals surface area contributed by atoms with Crippen molar-refractivity contribution in [2.24, 2.45) is 0 Å². The van der Waals surface area contributed by atoms with E-state index in [1.807, 2.05) is 0 Å². The molecule has 0 aliphatic heterocycles. The smallest absolute Gasteiger partial charge is 0.265 e. The zero-order valence-corrected chi connectivity index (χ0v) is 21.3. The lowest BCUT2D eigenvalue weighted by Gasteiger charge is -2.19. The standard InChI is InChI=1S/C27H23Cl2NO6/c1-4-20(27(32)30-18-13-16(28)12-17(29)14-18)35-26-24(31)19-7-5-6-8-21(19)36-25(26)15-9-10-22(33-2)23(11-15)34-3/h5-14,20H,4H2,1-3H3,(H,30,32). The average Bonchev–Trinajstić information content (AvgIpc) is 2.87. The average molecular weight is 528 g/mol. The monoisotopic (exact) mass is 527 g/mol. The maximum atomic E-state index is 13.5. The van der Waals surface area contributed by atoms with Crippen molar-refractivity contribution in [2.75, 3.05) is 19.5 Å². The molecule has 1 heterocycles. The van der Waals surface area contributed by atoms with Gasteiger partial charge in [0.05, 0.1) is 19.6 Å². The van der Waals surface area contributed by atoms with E-state index in [1.54, 1.807) is 67.6 Å². The van der Waals surface area contributed by atoms with E-state index in [-0.39, 0.29) is 17.9 Å². The van der Waals surface area contributed by atoms with Gasteiger partial charge in [-0.15, -0.1) is 0 Å². The molecule has 4 rings (SSSR count). The molecule has 36 heavy (non-hydrogen) atoms. The number of methoxy groups -OCH3 is 2. The Hall–Kier alpha value is -3.68. The normalized spacial score (nSPS) is 11.7. The van der Waals surface area contributed by atoms with Gasteiger partial charge in [-0.3, -0.25) is 9.59 Å². The number of carbonyl (C=O) groups excluding carboxylic acids is 1. The molecule has 0 aliphatic rings. The molecule has 9 heteroatoms. The molecule has 1 unspecified atom stereocenters. The van der Waals surface area contributed by atoms with Gasteiger partial charge in [-0.05, 0) is 55.0 Å². The van der Waals surface area contributed by atoms with E-state index < -0.39 is 17.4 Å². The predicted octanol–water partition coefficient (Wildman–Crippen LogP) is 6.58. The maximum Gasteiger partial charge on any atom is 0.265 e. The molecule has 0 spiro atoms. The van der Waals surface area contributed by atoms with Crippen LogP contribution in [0.1, 0.15) is 13.3 Å². The Morgan fingerprint density at radius 2 is 1.67 bits per heavy atom. The highest BCUT2D eigenvalue weighted by atomic mass is 35.5. The summed E-state index contributed by atoms with van der Waals surface area (Å²) in [4.78, 5) is 26.6. The molecule has 1 N–H and O–H groups in total. The summed E-state index contributed by atoms with van der Waals surface area (Å²) in [7, 11) is 3.04. The van der Waals surface area contributed by atoms with Crippen LogP contribution in [0.5, 0.6) is 17.2 Å². The molecule has 0 radical (unpaired) electrons. The summed E-state index contributed by atoms with van der Waals surface area (Å²) in [6.45, 7) is 1.77. The summed E-state index contributed by atoms with van der Waals surface area (Å²) in [5.41, 5.74) is 0.900. The Balaban J connectivity index is 1.78. The first-order valence-corrected chi connectivity index (χ1v) is 11.8. The lowest BCUT2D eigenvalue weighted by molar-refractivity contribution is -0.122. The Morgan fingerprint density at radius 3 is 2.33 bits per heavy atom. The fourth-order valence-corrected chi connectivity index (χ4v) is 4.24. The molecule has 0 saturated carbocycles. The summed E-state index contributed by atoms with van der Waals surface area (Å²) < 4.78 is 22.9. The van der Waals surface area contributed by atoms with Crippen molar-refractivity contribution >= 4 is 45.8 Å². The van der Waals surface area contributed by atoms with Crippen LogP contribution in [0.4, 0.5) is 5.69 Å². The van der Waals surface area contributed by atoms with E-state index >= 15 is 0 Å². The highest BCUT2D eigenvalue weighted by molar-refractivity contribution is 6.35. The van der Waals surface area contributed by atoms with Crippen LogP contribution in [0.2, 0.25) is 10.0 Å². The first-order chi connectivity index (χ1) is 17.3. The molecule has 1 amide bonds. The molecule has 3 aromatic carbocycles. The molecular weight excluding hydrogens is 505 g/mol. The summed E-state index contributed by atoms with van der Waals surface area (Å²) in [6, 6.07) is 16.6. The van der Waals surface area contributed by atoms with Crippen molar-refractivity contribution in [1.82, 2.24) is 0 Å². The highest BCUT2D eigenvalue weighted by Gasteiger charge is 2.26. The second-order valence-electron chi connectivity index (χ2n) is 7.82. The van der Waals surface area contributed by atoms with E-state index in [9.17, 15) is 9.59 Å². The van der Waals surface area contributed by atoms with Crippen LogP contribution in [-0.4, -0.2) is 26.2 Å². The van der Waals surface area contributed by atoms with Crippen LogP contribution in [0.25, 0.3) is 22.3 Å². The molecule has 1 aromatic heterocycles. The van der Waals surface area contributed by atoms with Gasteiger partial charge in [0.1, 0.15) is 5.58 Å². The summed E-state index contributed by atoms with van der Waals surface area (Å²) in [5.74, 6) is 0.558. The lowest BCUT2D eigenvalue weighted by Crippen LogP contribution is -2.34. The summed E-state index contributed by atoms with van der Waals surface area (Å²) in [5, 5.41) is 3.82. The van der Waals surface area contributed by atoms with Crippen molar-refractivity contribution in [3.05, 3.63) is 80.9 Å². The zero-order chi connectivity index (χ0) is 25.8. The highest BCUT2D eigenvalue weighted by Crippen LogP contribution is 2.37. The van der Waals surface area contributed by atoms with Gasteiger partial charge in [0, 0.05) is 21.3 Å². The number of halogens is 2. The SMILES string of the molecule is CCC(Oc1c(-c2ccc(OC)c(OC)c2)oc2ccccc2c1=O)C(=O)Nc1cc(Cl)cc(Cl)c1. The summed E-state index contributed by atoms with van der Waals surface area (Å²) >= 11 is 12.1. The maximum absolute atomic E-state index is 13.5. The number of anilines is 1. The van der Waals surface area contributed by atoms with Crippen LogP contribution in [0.3, 0.4) is 0 Å². The number of hydrogen-bond donors (Lipinski definition) is 1. The number of para-hydroxylation sites is 1. The van der Waals surface area contributed by atoms with Gasteiger partial charge in [0.2, 0.25) is 11.2 Å². The van der Waals surface area contributed by atoms with E-state index in [0.717, 1.165) is 0 Å². The van der Waals surface area contributed by atoms with Gasteiger partial charge < -0.3 is 23.9 Å².